The lowest BCUT2D eigenvalue weighted by molar-refractivity contribution is 0.121. The summed E-state index contributed by atoms with van der Waals surface area (Å²) in [7, 11) is 0. The predicted molar refractivity (Wildman–Crippen MR) is 73.6 cm³/mol. The first kappa shape index (κ1) is 13.1. The molecule has 0 saturated heterocycles. The van der Waals surface area contributed by atoms with Crippen molar-refractivity contribution < 1.29 is 4.74 Å². The molecule has 0 amide bonds. The molecule has 96 valence electrons. The van der Waals surface area contributed by atoms with Crippen LogP contribution in [0.3, 0.4) is 0 Å². The number of hydrogen-bond acceptors (Lipinski definition) is 3. The largest absolute Gasteiger partial charge is 0.381 e. The summed E-state index contributed by atoms with van der Waals surface area (Å²) < 4.78 is 5.62. The van der Waals surface area contributed by atoms with Crippen LogP contribution in [0.1, 0.15) is 42.7 Å². The van der Waals surface area contributed by atoms with Gasteiger partial charge in [-0.25, -0.2) is 0 Å². The fourth-order valence-electron chi connectivity index (χ4n) is 1.95. The lowest BCUT2D eigenvalue weighted by atomic mass is 10.2. The first-order valence-electron chi connectivity index (χ1n) is 6.62. The first-order chi connectivity index (χ1) is 8.27. The Labute approximate surface area is 108 Å². The predicted octanol–water partition coefficient (Wildman–Crippen LogP) is 3.52. The van der Waals surface area contributed by atoms with Crippen molar-refractivity contribution in [3.63, 3.8) is 0 Å². The molecule has 1 unspecified atom stereocenters. The Hall–Kier alpha value is -0.380. The molecule has 1 N–H and O–H groups in total. The van der Waals surface area contributed by atoms with Crippen molar-refractivity contribution in [1.82, 2.24) is 5.32 Å². The molecule has 0 bridgehead atoms. The summed E-state index contributed by atoms with van der Waals surface area (Å²) in [6.45, 7) is 7.36. The van der Waals surface area contributed by atoms with E-state index < -0.39 is 0 Å². The molecule has 1 saturated carbocycles. The van der Waals surface area contributed by atoms with E-state index in [1.165, 1.54) is 23.3 Å². The Balaban J connectivity index is 1.53. The highest BCUT2D eigenvalue weighted by Crippen LogP contribution is 2.28. The molecule has 1 heterocycles. The fourth-order valence-corrected chi connectivity index (χ4v) is 2.91. The summed E-state index contributed by atoms with van der Waals surface area (Å²) >= 11 is 1.84. The summed E-state index contributed by atoms with van der Waals surface area (Å²) in [6.07, 6.45) is 3.88. The Morgan fingerprint density at radius 3 is 3.00 bits per heavy atom. The molecule has 0 spiro atoms. The van der Waals surface area contributed by atoms with Gasteiger partial charge in [-0.2, -0.15) is 0 Å². The Bertz CT molecular complexity index is 333. The number of nitrogens with one attached hydrogen (secondary N) is 1. The van der Waals surface area contributed by atoms with Crippen molar-refractivity contribution >= 4 is 11.3 Å². The topological polar surface area (TPSA) is 21.3 Å². The van der Waals surface area contributed by atoms with Gasteiger partial charge in [0.2, 0.25) is 0 Å². The maximum Gasteiger partial charge on any atom is 0.0494 e. The Morgan fingerprint density at radius 1 is 1.53 bits per heavy atom. The van der Waals surface area contributed by atoms with Gasteiger partial charge in [0.1, 0.15) is 0 Å². The average molecular weight is 253 g/mol. The molecule has 1 aliphatic carbocycles. The van der Waals surface area contributed by atoms with Crippen LogP contribution < -0.4 is 5.32 Å². The maximum atomic E-state index is 5.62. The number of hydrogen-bond donors (Lipinski definition) is 1. The van der Waals surface area contributed by atoms with Crippen LogP contribution in [0.4, 0.5) is 0 Å². The van der Waals surface area contributed by atoms with Crippen LogP contribution in [-0.4, -0.2) is 19.8 Å². The highest BCUT2D eigenvalue weighted by Gasteiger charge is 2.20. The number of rotatable bonds is 8. The highest BCUT2D eigenvalue weighted by molar-refractivity contribution is 7.10. The van der Waals surface area contributed by atoms with Gasteiger partial charge in [0.05, 0.1) is 0 Å². The maximum absolute atomic E-state index is 5.62. The molecule has 17 heavy (non-hydrogen) atoms. The van der Waals surface area contributed by atoms with Crippen LogP contribution >= 0.6 is 11.3 Å². The monoisotopic (exact) mass is 253 g/mol. The van der Waals surface area contributed by atoms with Gasteiger partial charge in [-0.05, 0) is 62.6 Å². The number of ether oxygens (including phenoxy) is 1. The van der Waals surface area contributed by atoms with Crippen LogP contribution in [-0.2, 0) is 4.74 Å². The molecule has 1 aromatic rings. The number of thiophene rings is 1. The number of aryl methyl sites for hydroxylation is 1. The van der Waals surface area contributed by atoms with Crippen molar-refractivity contribution in [3.8, 4) is 0 Å². The van der Waals surface area contributed by atoms with E-state index in [2.05, 4.69) is 30.6 Å². The second-order valence-corrected chi connectivity index (χ2v) is 5.96. The molecular weight excluding hydrogens is 230 g/mol. The van der Waals surface area contributed by atoms with Gasteiger partial charge in [0, 0.05) is 24.1 Å². The molecule has 3 heteroatoms. The summed E-state index contributed by atoms with van der Waals surface area (Å²) in [6, 6.07) is 2.66. The van der Waals surface area contributed by atoms with E-state index >= 15 is 0 Å². The lowest BCUT2D eigenvalue weighted by Gasteiger charge is -2.13. The summed E-state index contributed by atoms with van der Waals surface area (Å²) in [5, 5.41) is 5.73. The molecule has 0 aliphatic heterocycles. The molecule has 1 aliphatic rings. The van der Waals surface area contributed by atoms with Crippen molar-refractivity contribution in [3.05, 3.63) is 21.9 Å². The van der Waals surface area contributed by atoms with E-state index in [-0.39, 0.29) is 0 Å². The van der Waals surface area contributed by atoms with Crippen LogP contribution in [0.5, 0.6) is 0 Å². The van der Waals surface area contributed by atoms with Crippen molar-refractivity contribution in [2.24, 2.45) is 5.92 Å². The van der Waals surface area contributed by atoms with Gasteiger partial charge < -0.3 is 10.1 Å². The smallest absolute Gasteiger partial charge is 0.0494 e. The summed E-state index contributed by atoms with van der Waals surface area (Å²) in [5.41, 5.74) is 1.40. The molecule has 1 aromatic heterocycles. The van der Waals surface area contributed by atoms with E-state index in [1.807, 2.05) is 11.3 Å². The highest BCUT2D eigenvalue weighted by atomic mass is 32.1. The molecular formula is C14H23NOS. The first-order valence-corrected chi connectivity index (χ1v) is 7.50. The van der Waals surface area contributed by atoms with Gasteiger partial charge in [-0.1, -0.05) is 0 Å². The summed E-state index contributed by atoms with van der Waals surface area (Å²) in [5.74, 6) is 0.885. The van der Waals surface area contributed by atoms with Crippen molar-refractivity contribution in [1.29, 1.82) is 0 Å². The normalized spacial score (nSPS) is 17.3. The molecule has 1 fully saturated rings. The van der Waals surface area contributed by atoms with Gasteiger partial charge >= 0.3 is 0 Å². The van der Waals surface area contributed by atoms with Gasteiger partial charge in [-0.15, -0.1) is 11.3 Å². The van der Waals surface area contributed by atoms with Crippen molar-refractivity contribution in [2.75, 3.05) is 19.8 Å². The average Bonchev–Trinajstić information content (AvgIpc) is 3.04. The quantitative estimate of drug-likeness (QED) is 0.716. The zero-order valence-corrected chi connectivity index (χ0v) is 11.7. The molecule has 2 nitrogen and oxygen atoms in total. The van der Waals surface area contributed by atoms with Crippen LogP contribution in [0.15, 0.2) is 11.4 Å². The molecule has 1 atom stereocenters. The lowest BCUT2D eigenvalue weighted by Crippen LogP contribution is -2.20. The van der Waals surface area contributed by atoms with Gasteiger partial charge in [-0.3, -0.25) is 0 Å². The zero-order valence-electron chi connectivity index (χ0n) is 10.9. The molecule has 0 aromatic carbocycles. The Morgan fingerprint density at radius 2 is 2.35 bits per heavy atom. The van der Waals surface area contributed by atoms with Crippen LogP contribution in [0.2, 0.25) is 0 Å². The van der Waals surface area contributed by atoms with Gasteiger partial charge in [0.25, 0.3) is 0 Å². The summed E-state index contributed by atoms with van der Waals surface area (Å²) in [4.78, 5) is 1.46. The van der Waals surface area contributed by atoms with Gasteiger partial charge in [0.15, 0.2) is 0 Å². The minimum Gasteiger partial charge on any atom is -0.381 e. The van der Waals surface area contributed by atoms with E-state index in [0.29, 0.717) is 6.04 Å². The third-order valence-corrected chi connectivity index (χ3v) is 4.46. The van der Waals surface area contributed by atoms with E-state index in [4.69, 9.17) is 4.74 Å². The van der Waals surface area contributed by atoms with Crippen molar-refractivity contribution in [2.45, 2.75) is 39.2 Å². The molecule has 0 radical (unpaired) electrons. The van der Waals surface area contributed by atoms with Crippen LogP contribution in [0, 0.1) is 12.8 Å². The van der Waals surface area contributed by atoms with E-state index in [1.54, 1.807) is 0 Å². The minimum absolute atomic E-state index is 0.471. The minimum atomic E-state index is 0.471. The second-order valence-electron chi connectivity index (χ2n) is 5.02. The van der Waals surface area contributed by atoms with Crippen LogP contribution in [0.25, 0.3) is 0 Å². The third kappa shape index (κ3) is 4.41. The zero-order chi connectivity index (χ0) is 12.1. The second kappa shape index (κ2) is 6.53. The molecule has 2 rings (SSSR count). The van der Waals surface area contributed by atoms with E-state index in [9.17, 15) is 0 Å². The van der Waals surface area contributed by atoms with E-state index in [0.717, 1.165) is 32.1 Å². The SMILES string of the molecule is Cc1ccsc1C(C)NCCCOCC1CC1. The fraction of sp³-hybridized carbons (Fsp3) is 0.714. The standard InChI is InChI=1S/C14H23NOS/c1-11-6-9-17-14(11)12(2)15-7-3-8-16-10-13-4-5-13/h6,9,12-13,15H,3-5,7-8,10H2,1-2H3. The Kier molecular flexibility index (Phi) is 5.01. The third-order valence-electron chi connectivity index (χ3n) is 3.26.